The Bertz CT molecular complexity index is 635. The van der Waals surface area contributed by atoms with Gasteiger partial charge in [0.15, 0.2) is 0 Å². The van der Waals surface area contributed by atoms with Crippen LogP contribution in [0.1, 0.15) is 20.3 Å². The van der Waals surface area contributed by atoms with Crippen LogP contribution >= 0.6 is 11.6 Å². The Morgan fingerprint density at radius 1 is 1.48 bits per heavy atom. The number of nitriles is 1. The topological polar surface area (TPSA) is 115 Å². The molecule has 0 aromatic carbocycles. The van der Waals surface area contributed by atoms with E-state index in [0.29, 0.717) is 10.8 Å². The lowest BCUT2D eigenvalue weighted by Gasteiger charge is -2.16. The quantitative estimate of drug-likeness (QED) is 0.519. The van der Waals surface area contributed by atoms with Crippen LogP contribution in [0.5, 0.6) is 0 Å². The Morgan fingerprint density at radius 3 is 2.65 bits per heavy atom. The van der Waals surface area contributed by atoms with Gasteiger partial charge in [-0.15, -0.1) is 0 Å². The smallest absolute Gasteiger partial charge is 0.326 e. The van der Waals surface area contributed by atoms with Gasteiger partial charge in [0.25, 0.3) is 5.91 Å². The number of hydrogen-bond acceptors (Lipinski definition) is 5. The maximum absolute atomic E-state index is 12.0. The van der Waals surface area contributed by atoms with Crippen LogP contribution in [0.4, 0.5) is 5.82 Å². The van der Waals surface area contributed by atoms with Crippen molar-refractivity contribution in [2.75, 3.05) is 5.32 Å². The molecule has 3 N–H and O–H groups in total. The number of hydrogen-bond donors (Lipinski definition) is 3. The van der Waals surface area contributed by atoms with E-state index in [4.69, 9.17) is 22.0 Å². The van der Waals surface area contributed by atoms with E-state index in [1.165, 1.54) is 12.4 Å². The van der Waals surface area contributed by atoms with E-state index >= 15 is 0 Å². The van der Waals surface area contributed by atoms with Gasteiger partial charge in [-0.25, -0.2) is 9.78 Å². The maximum atomic E-state index is 12.0. The van der Waals surface area contributed by atoms with Crippen molar-refractivity contribution in [2.45, 2.75) is 26.3 Å². The van der Waals surface area contributed by atoms with Gasteiger partial charge < -0.3 is 15.7 Å². The van der Waals surface area contributed by atoms with Crippen LogP contribution in [0.2, 0.25) is 5.02 Å². The standard InChI is InChI=1S/C15H17ClN4O3/c1-9(2)5-12(15(22)23)20-14(21)10(6-17)7-18-13-4-3-11(16)8-19-13/h3-4,7-9,12H,5H2,1-2H3,(H,18,19)(H,20,21)(H,22,23)/b10-7-. The zero-order valence-corrected chi connectivity index (χ0v) is 13.5. The predicted molar refractivity (Wildman–Crippen MR) is 85.6 cm³/mol. The summed E-state index contributed by atoms with van der Waals surface area (Å²) in [7, 11) is 0. The summed E-state index contributed by atoms with van der Waals surface area (Å²) in [4.78, 5) is 27.1. The summed E-state index contributed by atoms with van der Waals surface area (Å²) in [5, 5.41) is 23.6. The van der Waals surface area contributed by atoms with Crippen molar-refractivity contribution in [3.8, 4) is 6.07 Å². The van der Waals surface area contributed by atoms with Gasteiger partial charge in [0.05, 0.1) is 5.02 Å². The number of carbonyl (C=O) groups excluding carboxylic acids is 1. The SMILES string of the molecule is CC(C)CC(NC(=O)/C(C#N)=C\Nc1ccc(Cl)cn1)C(=O)O. The second-order valence-electron chi connectivity index (χ2n) is 5.17. The molecule has 0 saturated carbocycles. The van der Waals surface area contributed by atoms with E-state index in [1.807, 2.05) is 13.8 Å². The van der Waals surface area contributed by atoms with Crippen molar-refractivity contribution in [1.82, 2.24) is 10.3 Å². The molecule has 0 spiro atoms. The number of halogens is 1. The molecule has 122 valence electrons. The number of rotatable bonds is 7. The van der Waals surface area contributed by atoms with Crippen LogP contribution in [0.3, 0.4) is 0 Å². The van der Waals surface area contributed by atoms with Gasteiger partial charge in [-0.05, 0) is 24.5 Å². The summed E-state index contributed by atoms with van der Waals surface area (Å²) >= 11 is 5.70. The monoisotopic (exact) mass is 336 g/mol. The van der Waals surface area contributed by atoms with E-state index in [2.05, 4.69) is 15.6 Å². The molecule has 0 aliphatic carbocycles. The van der Waals surface area contributed by atoms with Crippen LogP contribution in [-0.2, 0) is 9.59 Å². The van der Waals surface area contributed by atoms with Crippen LogP contribution in [-0.4, -0.2) is 28.0 Å². The normalized spacial score (nSPS) is 12.4. The lowest BCUT2D eigenvalue weighted by Crippen LogP contribution is -2.42. The molecule has 1 amide bonds. The molecule has 0 fully saturated rings. The van der Waals surface area contributed by atoms with E-state index in [-0.39, 0.29) is 17.9 Å². The molecule has 1 atom stereocenters. The molecule has 1 rings (SSSR count). The molecule has 7 nitrogen and oxygen atoms in total. The first-order valence-corrected chi connectivity index (χ1v) is 7.23. The molecule has 1 aromatic heterocycles. The highest BCUT2D eigenvalue weighted by Gasteiger charge is 2.22. The third kappa shape index (κ3) is 6.36. The largest absolute Gasteiger partial charge is 0.480 e. The molecule has 0 aliphatic rings. The van der Waals surface area contributed by atoms with E-state index in [9.17, 15) is 9.59 Å². The zero-order valence-electron chi connectivity index (χ0n) is 12.7. The average Bonchev–Trinajstić information content (AvgIpc) is 2.48. The van der Waals surface area contributed by atoms with Crippen LogP contribution in [0.15, 0.2) is 30.1 Å². The third-order valence-electron chi connectivity index (χ3n) is 2.77. The fraction of sp³-hybridized carbons (Fsp3) is 0.333. The number of carboxylic acids is 1. The van der Waals surface area contributed by atoms with E-state index in [0.717, 1.165) is 0 Å². The highest BCUT2D eigenvalue weighted by molar-refractivity contribution is 6.30. The number of anilines is 1. The Morgan fingerprint density at radius 2 is 2.17 bits per heavy atom. The summed E-state index contributed by atoms with van der Waals surface area (Å²) < 4.78 is 0. The van der Waals surface area contributed by atoms with Gasteiger partial charge in [0.1, 0.15) is 23.5 Å². The Labute approximate surface area is 139 Å². The first kappa shape index (κ1) is 18.5. The van der Waals surface area contributed by atoms with Gasteiger partial charge in [-0.3, -0.25) is 4.79 Å². The molecule has 1 aromatic rings. The number of pyridine rings is 1. The van der Waals surface area contributed by atoms with Gasteiger partial charge in [0.2, 0.25) is 0 Å². The summed E-state index contributed by atoms with van der Waals surface area (Å²) in [5.74, 6) is -1.42. The highest BCUT2D eigenvalue weighted by Crippen LogP contribution is 2.10. The number of amides is 1. The molecule has 1 heterocycles. The summed E-state index contributed by atoms with van der Waals surface area (Å²) in [5.41, 5.74) is -0.253. The highest BCUT2D eigenvalue weighted by atomic mass is 35.5. The minimum Gasteiger partial charge on any atom is -0.480 e. The molecular formula is C15H17ClN4O3. The Kier molecular flexibility index (Phi) is 7.03. The summed E-state index contributed by atoms with van der Waals surface area (Å²) in [6.07, 6.45) is 2.85. The molecule has 0 bridgehead atoms. The number of nitrogens with zero attached hydrogens (tertiary/aromatic N) is 2. The lowest BCUT2D eigenvalue weighted by atomic mass is 10.0. The third-order valence-corrected chi connectivity index (χ3v) is 2.99. The molecule has 23 heavy (non-hydrogen) atoms. The van der Waals surface area contributed by atoms with Crippen LogP contribution in [0, 0.1) is 17.2 Å². The van der Waals surface area contributed by atoms with Crippen molar-refractivity contribution in [2.24, 2.45) is 5.92 Å². The van der Waals surface area contributed by atoms with Crippen molar-refractivity contribution < 1.29 is 14.7 Å². The lowest BCUT2D eigenvalue weighted by molar-refractivity contribution is -0.141. The molecular weight excluding hydrogens is 320 g/mol. The van der Waals surface area contributed by atoms with Gasteiger partial charge in [-0.1, -0.05) is 25.4 Å². The van der Waals surface area contributed by atoms with Crippen molar-refractivity contribution in [3.05, 3.63) is 35.1 Å². The number of carboxylic acid groups (broad SMARTS) is 1. The summed E-state index contributed by atoms with van der Waals surface area (Å²) in [6.45, 7) is 3.69. The fourth-order valence-electron chi connectivity index (χ4n) is 1.68. The maximum Gasteiger partial charge on any atom is 0.326 e. The second-order valence-corrected chi connectivity index (χ2v) is 5.61. The van der Waals surface area contributed by atoms with Gasteiger partial charge >= 0.3 is 5.97 Å². The Hall–Kier alpha value is -2.59. The molecule has 0 aliphatic heterocycles. The van der Waals surface area contributed by atoms with Gasteiger partial charge in [-0.2, -0.15) is 5.26 Å². The Balaban J connectivity index is 2.77. The zero-order chi connectivity index (χ0) is 17.4. The molecule has 0 saturated heterocycles. The summed E-state index contributed by atoms with van der Waals surface area (Å²) in [6, 6.07) is 3.84. The minimum atomic E-state index is -1.14. The predicted octanol–water partition coefficient (Wildman–Crippen LogP) is 2.17. The van der Waals surface area contributed by atoms with Crippen LogP contribution in [0.25, 0.3) is 0 Å². The van der Waals surface area contributed by atoms with Crippen molar-refractivity contribution >= 4 is 29.3 Å². The number of nitrogens with one attached hydrogen (secondary N) is 2. The first-order chi connectivity index (χ1) is 10.8. The van der Waals surface area contributed by atoms with E-state index in [1.54, 1.807) is 18.2 Å². The van der Waals surface area contributed by atoms with E-state index < -0.39 is 17.9 Å². The van der Waals surface area contributed by atoms with Crippen molar-refractivity contribution in [3.63, 3.8) is 0 Å². The number of aromatic nitrogens is 1. The minimum absolute atomic E-state index is 0.0855. The second kappa shape index (κ2) is 8.76. The molecule has 8 heteroatoms. The number of aliphatic carboxylic acids is 1. The average molecular weight is 337 g/mol. The number of carbonyl (C=O) groups is 2. The van der Waals surface area contributed by atoms with Gasteiger partial charge in [0, 0.05) is 12.4 Å². The van der Waals surface area contributed by atoms with Crippen LogP contribution < -0.4 is 10.6 Å². The van der Waals surface area contributed by atoms with Crippen molar-refractivity contribution in [1.29, 1.82) is 5.26 Å². The fourth-order valence-corrected chi connectivity index (χ4v) is 1.80. The molecule has 0 radical (unpaired) electrons. The molecule has 1 unspecified atom stereocenters. The first-order valence-electron chi connectivity index (χ1n) is 6.85.